The van der Waals surface area contributed by atoms with Gasteiger partial charge in [0.2, 0.25) is 5.91 Å². The molecule has 0 aliphatic carbocycles. The van der Waals surface area contributed by atoms with E-state index in [1.807, 2.05) is 53.1 Å². The highest BCUT2D eigenvalue weighted by Crippen LogP contribution is 2.27. The molecule has 0 bridgehead atoms. The smallest absolute Gasteiger partial charge is 0.322 e. The van der Waals surface area contributed by atoms with E-state index in [4.69, 9.17) is 0 Å². The van der Waals surface area contributed by atoms with Gasteiger partial charge in [0.1, 0.15) is 6.04 Å². The Morgan fingerprint density at radius 3 is 2.68 bits per heavy atom. The SMILES string of the molecule is Cc1cc(CC(NC(=O)N2CCC(N3CCc4ccccc4NC3=O)CC2)C(=O)N2CCNCC2c2ccncc2)cc2cn[nH]c12. The third-order valence-corrected chi connectivity index (χ3v) is 9.79. The fraction of sp³-hybridized carbons (Fsp3) is 0.400. The van der Waals surface area contributed by atoms with Gasteiger partial charge in [0, 0.05) is 75.2 Å². The Labute approximate surface area is 273 Å². The molecule has 0 spiro atoms. The lowest BCUT2D eigenvalue weighted by Gasteiger charge is -2.40. The van der Waals surface area contributed by atoms with Crippen molar-refractivity contribution in [2.45, 2.75) is 50.7 Å². The molecular weight excluding hydrogens is 594 g/mol. The summed E-state index contributed by atoms with van der Waals surface area (Å²) in [5.41, 5.74) is 5.96. The van der Waals surface area contributed by atoms with Crippen LogP contribution in [-0.2, 0) is 17.6 Å². The first kappa shape index (κ1) is 30.7. The van der Waals surface area contributed by atoms with Crippen LogP contribution < -0.4 is 16.0 Å². The zero-order valence-electron chi connectivity index (χ0n) is 26.6. The van der Waals surface area contributed by atoms with Gasteiger partial charge in [-0.25, -0.2) is 9.59 Å². The molecule has 47 heavy (non-hydrogen) atoms. The molecule has 2 atom stereocenters. The van der Waals surface area contributed by atoms with Crippen LogP contribution in [0.1, 0.15) is 41.1 Å². The minimum absolute atomic E-state index is 0.0393. The normalized spacial score (nSPS) is 19.6. The fourth-order valence-corrected chi connectivity index (χ4v) is 7.28. The summed E-state index contributed by atoms with van der Waals surface area (Å²) in [6.07, 6.45) is 7.76. The van der Waals surface area contributed by atoms with Crippen molar-refractivity contribution in [3.63, 3.8) is 0 Å². The zero-order valence-corrected chi connectivity index (χ0v) is 26.6. The lowest BCUT2D eigenvalue weighted by molar-refractivity contribution is -0.136. The molecule has 7 rings (SSSR count). The number of likely N-dealkylation sites (tertiary alicyclic amines) is 1. The van der Waals surface area contributed by atoms with Crippen molar-refractivity contribution in [2.24, 2.45) is 0 Å². The predicted octanol–water partition coefficient (Wildman–Crippen LogP) is 3.61. The maximum absolute atomic E-state index is 14.4. The monoisotopic (exact) mass is 635 g/mol. The van der Waals surface area contributed by atoms with E-state index >= 15 is 0 Å². The molecule has 4 aromatic rings. The molecule has 5 heterocycles. The highest BCUT2D eigenvalue weighted by atomic mass is 16.2. The number of piperazine rings is 1. The summed E-state index contributed by atoms with van der Waals surface area (Å²) in [7, 11) is 0. The lowest BCUT2D eigenvalue weighted by atomic mass is 9.98. The van der Waals surface area contributed by atoms with Crippen molar-refractivity contribution in [2.75, 3.05) is 44.6 Å². The van der Waals surface area contributed by atoms with E-state index in [0.29, 0.717) is 58.5 Å². The molecular formula is C35H41N9O3. The van der Waals surface area contributed by atoms with Gasteiger partial charge in [0.05, 0.1) is 17.8 Å². The van der Waals surface area contributed by atoms with Crippen LogP contribution in [0.15, 0.2) is 67.1 Å². The summed E-state index contributed by atoms with van der Waals surface area (Å²) in [5.74, 6) is -0.109. The number of benzene rings is 2. The average molecular weight is 636 g/mol. The third kappa shape index (κ3) is 6.50. The summed E-state index contributed by atoms with van der Waals surface area (Å²) in [6.45, 7) is 5.49. The Hall–Kier alpha value is -4.97. The Balaban J connectivity index is 1.06. The Bertz CT molecular complexity index is 1750. The number of piperidine rings is 1. The third-order valence-electron chi connectivity index (χ3n) is 9.79. The number of hydrogen-bond donors (Lipinski definition) is 4. The van der Waals surface area contributed by atoms with E-state index in [-0.39, 0.29) is 30.1 Å². The molecule has 3 aliphatic rings. The van der Waals surface area contributed by atoms with Gasteiger partial charge < -0.3 is 30.7 Å². The second-order valence-electron chi connectivity index (χ2n) is 12.7. The van der Waals surface area contributed by atoms with E-state index < -0.39 is 6.04 Å². The van der Waals surface area contributed by atoms with Gasteiger partial charge in [-0.3, -0.25) is 14.9 Å². The number of nitrogens with zero attached hydrogens (tertiary/aromatic N) is 5. The molecule has 0 saturated carbocycles. The Morgan fingerprint density at radius 1 is 1.04 bits per heavy atom. The number of amides is 5. The van der Waals surface area contributed by atoms with Crippen LogP contribution in [0.2, 0.25) is 0 Å². The molecule has 2 aromatic heterocycles. The number of aromatic nitrogens is 3. The number of rotatable bonds is 6. The number of para-hydroxylation sites is 1. The number of hydrogen-bond acceptors (Lipinski definition) is 6. The molecule has 2 unspecified atom stereocenters. The number of carbonyl (C=O) groups excluding carboxylic acids is 3. The Kier molecular flexibility index (Phi) is 8.75. The van der Waals surface area contributed by atoms with E-state index in [1.54, 1.807) is 23.5 Å². The van der Waals surface area contributed by atoms with Crippen LogP contribution in [0.5, 0.6) is 0 Å². The molecule has 2 aromatic carbocycles. The van der Waals surface area contributed by atoms with E-state index in [0.717, 1.165) is 45.3 Å². The quantitative estimate of drug-likeness (QED) is 0.255. The van der Waals surface area contributed by atoms with Crippen molar-refractivity contribution in [3.8, 4) is 0 Å². The van der Waals surface area contributed by atoms with Gasteiger partial charge in [-0.05, 0) is 72.7 Å². The summed E-state index contributed by atoms with van der Waals surface area (Å²) in [4.78, 5) is 51.1. The van der Waals surface area contributed by atoms with Crippen molar-refractivity contribution >= 4 is 34.6 Å². The van der Waals surface area contributed by atoms with E-state index in [2.05, 4.69) is 43.3 Å². The van der Waals surface area contributed by atoms with Gasteiger partial charge in [0.15, 0.2) is 0 Å². The highest BCUT2D eigenvalue weighted by Gasteiger charge is 2.36. The molecule has 4 N–H and O–H groups in total. The topological polar surface area (TPSA) is 139 Å². The maximum Gasteiger partial charge on any atom is 0.322 e. The largest absolute Gasteiger partial charge is 0.331 e. The van der Waals surface area contributed by atoms with Crippen LogP contribution in [-0.4, -0.2) is 99.2 Å². The first-order valence-corrected chi connectivity index (χ1v) is 16.5. The molecule has 2 fully saturated rings. The number of H-pyrrole nitrogens is 1. The highest BCUT2D eigenvalue weighted by molar-refractivity contribution is 5.91. The van der Waals surface area contributed by atoms with Crippen LogP contribution in [0.3, 0.4) is 0 Å². The summed E-state index contributed by atoms with van der Waals surface area (Å²) in [5, 5.41) is 17.8. The predicted molar refractivity (Wildman–Crippen MR) is 179 cm³/mol. The fourth-order valence-electron chi connectivity index (χ4n) is 7.28. The standard InChI is InChI=1S/C35H41N9O3/c1-23-18-24(19-27-21-38-41-32(23)27)20-30(33(45)44-17-13-37-22-31(44)26-6-11-36-12-7-26)40-34(46)42-14-9-28(10-15-42)43-16-8-25-4-2-3-5-29(25)39-35(43)47/h2-7,11-12,18-19,21,28,30-31,37H,8-10,13-17,20,22H2,1H3,(H,38,41)(H,39,47)(H,40,46). The second kappa shape index (κ2) is 13.4. The van der Waals surface area contributed by atoms with E-state index in [1.165, 1.54) is 0 Å². The number of aryl methyl sites for hydroxylation is 1. The summed E-state index contributed by atoms with van der Waals surface area (Å²) >= 11 is 0. The molecule has 0 radical (unpaired) electrons. The number of carbonyl (C=O) groups is 3. The average Bonchev–Trinajstić information content (AvgIpc) is 3.51. The van der Waals surface area contributed by atoms with Gasteiger partial charge >= 0.3 is 12.1 Å². The van der Waals surface area contributed by atoms with Crippen molar-refractivity contribution in [3.05, 3.63) is 89.4 Å². The molecule has 3 aliphatic heterocycles. The van der Waals surface area contributed by atoms with Gasteiger partial charge in [0.25, 0.3) is 0 Å². The van der Waals surface area contributed by atoms with Crippen molar-refractivity contribution in [1.29, 1.82) is 0 Å². The van der Waals surface area contributed by atoms with Crippen LogP contribution in [0.25, 0.3) is 10.9 Å². The zero-order chi connectivity index (χ0) is 32.3. The minimum atomic E-state index is -0.763. The van der Waals surface area contributed by atoms with Gasteiger partial charge in [-0.1, -0.05) is 24.3 Å². The second-order valence-corrected chi connectivity index (χ2v) is 12.7. The number of aromatic amines is 1. The molecule has 2 saturated heterocycles. The number of anilines is 1. The number of nitrogens with one attached hydrogen (secondary N) is 4. The van der Waals surface area contributed by atoms with Crippen LogP contribution in [0, 0.1) is 6.92 Å². The maximum atomic E-state index is 14.4. The number of pyridine rings is 1. The number of urea groups is 2. The molecule has 12 heteroatoms. The summed E-state index contributed by atoms with van der Waals surface area (Å²) < 4.78 is 0. The van der Waals surface area contributed by atoms with E-state index in [9.17, 15) is 14.4 Å². The van der Waals surface area contributed by atoms with Crippen LogP contribution in [0.4, 0.5) is 15.3 Å². The Morgan fingerprint density at radius 2 is 1.85 bits per heavy atom. The summed E-state index contributed by atoms with van der Waals surface area (Å²) in [6, 6.07) is 14.7. The van der Waals surface area contributed by atoms with Crippen molar-refractivity contribution in [1.82, 2.24) is 40.5 Å². The van der Waals surface area contributed by atoms with Crippen LogP contribution >= 0.6 is 0 Å². The lowest BCUT2D eigenvalue weighted by Crippen LogP contribution is -2.58. The van der Waals surface area contributed by atoms with Crippen molar-refractivity contribution < 1.29 is 14.4 Å². The first-order chi connectivity index (χ1) is 22.9. The molecule has 244 valence electrons. The first-order valence-electron chi connectivity index (χ1n) is 16.5. The van der Waals surface area contributed by atoms with Gasteiger partial charge in [-0.15, -0.1) is 0 Å². The number of fused-ring (bicyclic) bond motifs is 2. The molecule has 5 amide bonds. The molecule has 12 nitrogen and oxygen atoms in total. The van der Waals surface area contributed by atoms with Gasteiger partial charge in [-0.2, -0.15) is 5.10 Å². The minimum Gasteiger partial charge on any atom is -0.331 e.